The van der Waals surface area contributed by atoms with E-state index in [1.54, 1.807) is 39.0 Å². The molecule has 0 aliphatic rings. The molecule has 0 aliphatic carbocycles. The molecule has 0 unspecified atom stereocenters. The average molecular weight is 381 g/mol. The lowest BCUT2D eigenvalue weighted by molar-refractivity contribution is -0.384. The summed E-state index contributed by atoms with van der Waals surface area (Å²) in [6.45, 7) is 5.15. The summed E-state index contributed by atoms with van der Waals surface area (Å²) in [6.07, 6.45) is 0. The van der Waals surface area contributed by atoms with E-state index in [-0.39, 0.29) is 22.8 Å². The topological polar surface area (TPSA) is 101 Å². The van der Waals surface area contributed by atoms with E-state index in [1.807, 2.05) is 0 Å². The van der Waals surface area contributed by atoms with E-state index in [0.717, 1.165) is 18.2 Å². The molecular formula is C17H20FN3O4S. The molecule has 2 N–H and O–H groups in total. The highest BCUT2D eigenvalue weighted by atomic mass is 32.2. The van der Waals surface area contributed by atoms with E-state index in [1.165, 1.54) is 6.07 Å². The molecule has 7 nitrogen and oxygen atoms in total. The van der Waals surface area contributed by atoms with Crippen molar-refractivity contribution in [2.24, 2.45) is 0 Å². The monoisotopic (exact) mass is 381 g/mol. The number of nitrogens with one attached hydrogen (secondary N) is 2. The minimum Gasteiger partial charge on any atom is -0.375 e. The second-order valence-corrected chi connectivity index (χ2v) is 8.39. The van der Waals surface area contributed by atoms with Gasteiger partial charge in [-0.25, -0.2) is 17.5 Å². The summed E-state index contributed by atoms with van der Waals surface area (Å²) in [5.41, 5.74) is -0.575. The smallest absolute Gasteiger partial charge is 0.292 e. The summed E-state index contributed by atoms with van der Waals surface area (Å²) in [4.78, 5) is 10.5. The molecular weight excluding hydrogens is 361 g/mol. The van der Waals surface area contributed by atoms with Crippen LogP contribution in [0.15, 0.2) is 47.4 Å². The van der Waals surface area contributed by atoms with Gasteiger partial charge >= 0.3 is 0 Å². The molecule has 0 spiro atoms. The molecule has 0 amide bonds. The molecule has 2 rings (SSSR count). The van der Waals surface area contributed by atoms with Gasteiger partial charge in [-0.05, 0) is 38.5 Å². The Bertz CT molecular complexity index is 924. The quantitative estimate of drug-likeness (QED) is 0.590. The van der Waals surface area contributed by atoms with Gasteiger partial charge in [0.2, 0.25) is 10.0 Å². The number of nitro groups is 1. The van der Waals surface area contributed by atoms with Crippen LogP contribution in [0.25, 0.3) is 0 Å². The zero-order chi connectivity index (χ0) is 19.5. The fourth-order valence-electron chi connectivity index (χ4n) is 2.37. The van der Waals surface area contributed by atoms with Crippen molar-refractivity contribution < 1.29 is 17.7 Å². The molecule has 2 aromatic rings. The second-order valence-electron chi connectivity index (χ2n) is 6.74. The van der Waals surface area contributed by atoms with E-state index in [9.17, 15) is 22.9 Å². The Kier molecular flexibility index (Phi) is 5.62. The minimum atomic E-state index is -3.79. The fraction of sp³-hybridized carbons (Fsp3) is 0.294. The molecule has 140 valence electrons. The number of hydrogen-bond donors (Lipinski definition) is 2. The first-order chi connectivity index (χ1) is 12.0. The third-order valence-electron chi connectivity index (χ3n) is 3.33. The first kappa shape index (κ1) is 19.8. The fourth-order valence-corrected chi connectivity index (χ4v) is 4.03. The maximum Gasteiger partial charge on any atom is 0.292 e. The van der Waals surface area contributed by atoms with Crippen LogP contribution in [0.5, 0.6) is 0 Å². The standard InChI is InChI=1S/C17H20FN3O4S/c1-17(2,3)20-26(24,25)16-7-5-4-6-12(16)11-19-14-10-13(18)8-9-15(14)21(22)23/h4-10,19-20H,11H2,1-3H3. The lowest BCUT2D eigenvalue weighted by Gasteiger charge is -2.21. The van der Waals surface area contributed by atoms with Crippen LogP contribution in [0.3, 0.4) is 0 Å². The van der Waals surface area contributed by atoms with Crippen LogP contribution in [-0.4, -0.2) is 18.9 Å². The van der Waals surface area contributed by atoms with Gasteiger partial charge in [0.15, 0.2) is 0 Å². The van der Waals surface area contributed by atoms with Crippen LogP contribution < -0.4 is 10.0 Å². The summed E-state index contributed by atoms with van der Waals surface area (Å²) in [6, 6.07) is 9.35. The van der Waals surface area contributed by atoms with Crippen molar-refractivity contribution in [2.75, 3.05) is 5.32 Å². The molecule has 0 fully saturated rings. The molecule has 0 saturated carbocycles. The van der Waals surface area contributed by atoms with Crippen molar-refractivity contribution in [3.05, 3.63) is 64.0 Å². The molecule has 26 heavy (non-hydrogen) atoms. The summed E-state index contributed by atoms with van der Waals surface area (Å²) in [5.74, 6) is -0.631. The van der Waals surface area contributed by atoms with E-state index in [0.29, 0.717) is 5.56 Å². The Hall–Kier alpha value is -2.52. The largest absolute Gasteiger partial charge is 0.375 e. The van der Waals surface area contributed by atoms with Gasteiger partial charge in [-0.2, -0.15) is 0 Å². The van der Waals surface area contributed by atoms with E-state index < -0.39 is 26.3 Å². The highest BCUT2D eigenvalue weighted by Crippen LogP contribution is 2.26. The SMILES string of the molecule is CC(C)(C)NS(=O)(=O)c1ccccc1CNc1cc(F)ccc1[N+](=O)[O-]. The number of benzene rings is 2. The lowest BCUT2D eigenvalue weighted by atomic mass is 10.1. The first-order valence-electron chi connectivity index (χ1n) is 7.79. The number of hydrogen-bond acceptors (Lipinski definition) is 5. The van der Waals surface area contributed by atoms with Crippen molar-refractivity contribution in [2.45, 2.75) is 37.8 Å². The minimum absolute atomic E-state index is 0.0222. The van der Waals surface area contributed by atoms with Crippen molar-refractivity contribution in [1.82, 2.24) is 4.72 Å². The van der Waals surface area contributed by atoms with E-state index in [4.69, 9.17) is 0 Å². The second kappa shape index (κ2) is 7.38. The molecule has 0 atom stereocenters. The van der Waals surface area contributed by atoms with Crippen LogP contribution in [0.4, 0.5) is 15.8 Å². The predicted octanol–water partition coefficient (Wildman–Crippen LogP) is 3.42. The average Bonchev–Trinajstić information content (AvgIpc) is 2.50. The van der Waals surface area contributed by atoms with Gasteiger partial charge in [-0.3, -0.25) is 10.1 Å². The molecule has 0 heterocycles. The molecule has 2 aromatic carbocycles. The summed E-state index contributed by atoms with van der Waals surface area (Å²) < 4.78 is 41.2. The van der Waals surface area contributed by atoms with Crippen LogP contribution in [0.2, 0.25) is 0 Å². The lowest BCUT2D eigenvalue weighted by Crippen LogP contribution is -2.40. The predicted molar refractivity (Wildman–Crippen MR) is 96.9 cm³/mol. The Morgan fingerprint density at radius 3 is 2.42 bits per heavy atom. The number of anilines is 1. The molecule has 0 saturated heterocycles. The van der Waals surface area contributed by atoms with Crippen molar-refractivity contribution >= 4 is 21.4 Å². The Balaban J connectivity index is 2.33. The zero-order valence-electron chi connectivity index (χ0n) is 14.6. The Morgan fingerprint density at radius 1 is 1.15 bits per heavy atom. The molecule has 0 aromatic heterocycles. The van der Waals surface area contributed by atoms with E-state index >= 15 is 0 Å². The summed E-state index contributed by atoms with van der Waals surface area (Å²) in [7, 11) is -3.79. The van der Waals surface area contributed by atoms with Crippen LogP contribution in [-0.2, 0) is 16.6 Å². The van der Waals surface area contributed by atoms with Gasteiger partial charge in [0.05, 0.1) is 9.82 Å². The van der Waals surface area contributed by atoms with Gasteiger partial charge in [0.25, 0.3) is 5.69 Å². The number of nitrogens with zero attached hydrogens (tertiary/aromatic N) is 1. The molecule has 0 radical (unpaired) electrons. The maximum absolute atomic E-state index is 13.4. The highest BCUT2D eigenvalue weighted by molar-refractivity contribution is 7.89. The highest BCUT2D eigenvalue weighted by Gasteiger charge is 2.24. The zero-order valence-corrected chi connectivity index (χ0v) is 15.4. The summed E-state index contributed by atoms with van der Waals surface area (Å²) >= 11 is 0. The van der Waals surface area contributed by atoms with Crippen LogP contribution in [0.1, 0.15) is 26.3 Å². The normalized spacial score (nSPS) is 12.0. The van der Waals surface area contributed by atoms with Crippen LogP contribution in [0, 0.1) is 15.9 Å². The number of halogens is 1. The van der Waals surface area contributed by atoms with Crippen molar-refractivity contribution in [3.8, 4) is 0 Å². The molecule has 0 aliphatic heterocycles. The Labute approximate surface area is 151 Å². The Morgan fingerprint density at radius 2 is 1.81 bits per heavy atom. The maximum atomic E-state index is 13.4. The number of rotatable bonds is 6. The van der Waals surface area contributed by atoms with Crippen molar-refractivity contribution in [1.29, 1.82) is 0 Å². The summed E-state index contributed by atoms with van der Waals surface area (Å²) in [5, 5.41) is 13.8. The molecule has 0 bridgehead atoms. The third kappa shape index (κ3) is 4.99. The van der Waals surface area contributed by atoms with Gasteiger partial charge in [-0.15, -0.1) is 0 Å². The number of sulfonamides is 1. The van der Waals surface area contributed by atoms with Crippen molar-refractivity contribution in [3.63, 3.8) is 0 Å². The van der Waals surface area contributed by atoms with Gasteiger partial charge in [-0.1, -0.05) is 18.2 Å². The number of nitro benzene ring substituents is 1. The van der Waals surface area contributed by atoms with Gasteiger partial charge < -0.3 is 5.32 Å². The van der Waals surface area contributed by atoms with Gasteiger partial charge in [0.1, 0.15) is 11.5 Å². The van der Waals surface area contributed by atoms with Crippen LogP contribution >= 0.6 is 0 Å². The first-order valence-corrected chi connectivity index (χ1v) is 9.27. The molecule has 9 heteroatoms. The third-order valence-corrected chi connectivity index (χ3v) is 5.19. The van der Waals surface area contributed by atoms with E-state index in [2.05, 4.69) is 10.0 Å². The van der Waals surface area contributed by atoms with Gasteiger partial charge in [0, 0.05) is 24.2 Å².